The van der Waals surface area contributed by atoms with Crippen molar-refractivity contribution in [3.63, 3.8) is 0 Å². The van der Waals surface area contributed by atoms with Crippen molar-refractivity contribution in [1.29, 1.82) is 0 Å². The van der Waals surface area contributed by atoms with Gasteiger partial charge in [0.25, 0.3) is 0 Å². The van der Waals surface area contributed by atoms with E-state index in [1.165, 1.54) is 16.7 Å². The standard InChI is InChI=1S/C21H34N2O/c1-14(2)9-19-13-23(20(10-15(3)4)21(24)22-19)12-18-11-16(5)7-8-17(18)6/h7-8,11,14-15,19-20H,9-10,12-13H2,1-6H3,(H,22,24). The van der Waals surface area contributed by atoms with Gasteiger partial charge in [0, 0.05) is 19.1 Å². The first-order valence-corrected chi connectivity index (χ1v) is 9.36. The van der Waals surface area contributed by atoms with Crippen LogP contribution in [0.4, 0.5) is 0 Å². The first-order chi connectivity index (χ1) is 11.3. The summed E-state index contributed by atoms with van der Waals surface area (Å²) in [7, 11) is 0. The Kier molecular flexibility index (Phi) is 6.45. The van der Waals surface area contributed by atoms with Crippen molar-refractivity contribution in [2.24, 2.45) is 11.8 Å². The van der Waals surface area contributed by atoms with Crippen LogP contribution in [0.15, 0.2) is 18.2 Å². The third-order valence-corrected chi connectivity index (χ3v) is 4.87. The number of amides is 1. The van der Waals surface area contributed by atoms with Crippen molar-refractivity contribution in [3.05, 3.63) is 34.9 Å². The molecule has 1 N–H and O–H groups in total. The number of nitrogens with zero attached hydrogens (tertiary/aromatic N) is 1. The highest BCUT2D eigenvalue weighted by Gasteiger charge is 2.34. The molecule has 0 spiro atoms. The van der Waals surface area contributed by atoms with E-state index in [0.29, 0.717) is 11.8 Å². The molecule has 0 bridgehead atoms. The van der Waals surface area contributed by atoms with Gasteiger partial charge in [0.05, 0.1) is 6.04 Å². The second-order valence-electron chi connectivity index (χ2n) is 8.34. The van der Waals surface area contributed by atoms with Gasteiger partial charge in [-0.1, -0.05) is 51.5 Å². The molecule has 0 aromatic heterocycles. The second-order valence-corrected chi connectivity index (χ2v) is 8.34. The fourth-order valence-electron chi connectivity index (χ4n) is 3.69. The molecule has 1 aliphatic rings. The Labute approximate surface area is 147 Å². The maximum absolute atomic E-state index is 12.7. The Balaban J connectivity index is 2.21. The van der Waals surface area contributed by atoms with Gasteiger partial charge in [0.1, 0.15) is 0 Å². The maximum atomic E-state index is 12.7. The summed E-state index contributed by atoms with van der Waals surface area (Å²) in [6.07, 6.45) is 1.97. The van der Waals surface area contributed by atoms with Gasteiger partial charge in [-0.15, -0.1) is 0 Å². The third-order valence-electron chi connectivity index (χ3n) is 4.87. The summed E-state index contributed by atoms with van der Waals surface area (Å²) >= 11 is 0. The third kappa shape index (κ3) is 5.07. The number of benzene rings is 1. The Morgan fingerprint density at radius 1 is 1.12 bits per heavy atom. The summed E-state index contributed by atoms with van der Waals surface area (Å²) in [4.78, 5) is 15.1. The van der Waals surface area contributed by atoms with Crippen LogP contribution in [0.5, 0.6) is 0 Å². The molecule has 3 nitrogen and oxygen atoms in total. The van der Waals surface area contributed by atoms with E-state index in [-0.39, 0.29) is 18.0 Å². The van der Waals surface area contributed by atoms with Crippen molar-refractivity contribution in [2.75, 3.05) is 6.54 Å². The lowest BCUT2D eigenvalue weighted by molar-refractivity contribution is -0.132. The second kappa shape index (κ2) is 8.15. The zero-order valence-corrected chi connectivity index (χ0v) is 16.2. The minimum absolute atomic E-state index is 0.00618. The zero-order valence-electron chi connectivity index (χ0n) is 16.2. The average Bonchev–Trinajstić information content (AvgIpc) is 2.45. The smallest absolute Gasteiger partial charge is 0.237 e. The highest BCUT2D eigenvalue weighted by molar-refractivity contribution is 5.82. The summed E-state index contributed by atoms with van der Waals surface area (Å²) in [5, 5.41) is 3.26. The fraction of sp³-hybridized carbons (Fsp3) is 0.667. The monoisotopic (exact) mass is 330 g/mol. The van der Waals surface area contributed by atoms with Crippen LogP contribution >= 0.6 is 0 Å². The molecule has 134 valence electrons. The summed E-state index contributed by atoms with van der Waals surface area (Å²) in [6.45, 7) is 15.0. The number of aryl methyl sites for hydroxylation is 2. The molecule has 1 heterocycles. The van der Waals surface area contributed by atoms with Gasteiger partial charge in [-0.2, -0.15) is 0 Å². The first-order valence-electron chi connectivity index (χ1n) is 9.36. The number of nitrogens with one attached hydrogen (secondary N) is 1. The van der Waals surface area contributed by atoms with Crippen LogP contribution < -0.4 is 5.32 Å². The number of carbonyl (C=O) groups excluding carboxylic acids is 1. The van der Waals surface area contributed by atoms with Gasteiger partial charge >= 0.3 is 0 Å². The highest BCUT2D eigenvalue weighted by atomic mass is 16.2. The minimum Gasteiger partial charge on any atom is -0.351 e. The van der Waals surface area contributed by atoms with Crippen LogP contribution in [0.1, 0.15) is 57.2 Å². The summed E-state index contributed by atoms with van der Waals surface area (Å²) < 4.78 is 0. The Morgan fingerprint density at radius 3 is 2.42 bits per heavy atom. The van der Waals surface area contributed by atoms with E-state index in [4.69, 9.17) is 0 Å². The molecule has 3 heteroatoms. The molecule has 0 saturated carbocycles. The summed E-state index contributed by atoms with van der Waals surface area (Å²) in [5.41, 5.74) is 3.95. The average molecular weight is 331 g/mol. The van der Waals surface area contributed by atoms with E-state index in [9.17, 15) is 4.79 Å². The van der Waals surface area contributed by atoms with E-state index < -0.39 is 0 Å². The van der Waals surface area contributed by atoms with E-state index in [1.54, 1.807) is 0 Å². The number of carbonyl (C=O) groups is 1. The summed E-state index contributed by atoms with van der Waals surface area (Å²) in [6, 6.07) is 6.89. The van der Waals surface area contributed by atoms with Gasteiger partial charge in [0.2, 0.25) is 5.91 Å². The van der Waals surface area contributed by atoms with Gasteiger partial charge in [-0.05, 0) is 49.7 Å². The Hall–Kier alpha value is -1.35. The lowest BCUT2D eigenvalue weighted by Gasteiger charge is -2.41. The highest BCUT2D eigenvalue weighted by Crippen LogP contribution is 2.23. The van der Waals surface area contributed by atoms with Crippen molar-refractivity contribution < 1.29 is 4.79 Å². The van der Waals surface area contributed by atoms with Gasteiger partial charge in [-0.25, -0.2) is 0 Å². The molecule has 2 atom stereocenters. The fourth-order valence-corrected chi connectivity index (χ4v) is 3.69. The topological polar surface area (TPSA) is 32.3 Å². The van der Waals surface area contributed by atoms with Gasteiger partial charge < -0.3 is 5.32 Å². The normalized spacial score (nSPS) is 22.2. The SMILES string of the molecule is Cc1ccc(C)c(CN2CC(CC(C)C)NC(=O)C2CC(C)C)c1. The van der Waals surface area contributed by atoms with E-state index in [2.05, 4.69) is 70.0 Å². The molecule has 2 rings (SSSR count). The molecule has 1 aliphatic heterocycles. The molecular formula is C21H34N2O. The first kappa shape index (κ1) is 19.0. The molecule has 1 aromatic rings. The van der Waals surface area contributed by atoms with Crippen LogP contribution in [0, 0.1) is 25.7 Å². The number of piperazine rings is 1. The van der Waals surface area contributed by atoms with E-state index in [0.717, 1.165) is 25.9 Å². The van der Waals surface area contributed by atoms with Crippen molar-refractivity contribution in [1.82, 2.24) is 10.2 Å². The number of hydrogen-bond acceptors (Lipinski definition) is 2. The number of rotatable bonds is 6. The predicted octanol–water partition coefficient (Wildman–Crippen LogP) is 4.06. The molecule has 1 amide bonds. The summed E-state index contributed by atoms with van der Waals surface area (Å²) in [5.74, 6) is 1.33. The Bertz CT molecular complexity index is 565. The lowest BCUT2D eigenvalue weighted by Crippen LogP contribution is -2.60. The molecule has 2 unspecified atom stereocenters. The molecule has 1 fully saturated rings. The molecule has 0 radical (unpaired) electrons. The predicted molar refractivity (Wildman–Crippen MR) is 101 cm³/mol. The quantitative estimate of drug-likeness (QED) is 0.853. The van der Waals surface area contributed by atoms with Crippen LogP contribution in [-0.2, 0) is 11.3 Å². The largest absolute Gasteiger partial charge is 0.351 e. The molecule has 1 aromatic carbocycles. The van der Waals surface area contributed by atoms with Crippen LogP contribution in [0.3, 0.4) is 0 Å². The number of hydrogen-bond donors (Lipinski definition) is 1. The van der Waals surface area contributed by atoms with Crippen LogP contribution in [-0.4, -0.2) is 29.4 Å². The van der Waals surface area contributed by atoms with Crippen LogP contribution in [0.2, 0.25) is 0 Å². The van der Waals surface area contributed by atoms with Gasteiger partial charge in [-0.3, -0.25) is 9.69 Å². The lowest BCUT2D eigenvalue weighted by atomic mass is 9.94. The maximum Gasteiger partial charge on any atom is 0.237 e. The van der Waals surface area contributed by atoms with E-state index >= 15 is 0 Å². The zero-order chi connectivity index (χ0) is 17.9. The minimum atomic E-state index is -0.00618. The van der Waals surface area contributed by atoms with Crippen LogP contribution in [0.25, 0.3) is 0 Å². The molecule has 0 aliphatic carbocycles. The van der Waals surface area contributed by atoms with Crippen molar-refractivity contribution >= 4 is 5.91 Å². The van der Waals surface area contributed by atoms with Crippen molar-refractivity contribution in [2.45, 2.75) is 73.0 Å². The molecule has 1 saturated heterocycles. The van der Waals surface area contributed by atoms with E-state index in [1.807, 2.05) is 0 Å². The van der Waals surface area contributed by atoms with Crippen molar-refractivity contribution in [3.8, 4) is 0 Å². The Morgan fingerprint density at radius 2 is 1.79 bits per heavy atom. The van der Waals surface area contributed by atoms with Gasteiger partial charge in [0.15, 0.2) is 0 Å². The molecule has 24 heavy (non-hydrogen) atoms. The molecular weight excluding hydrogens is 296 g/mol.